The maximum Gasteiger partial charge on any atom is 0.354 e. The van der Waals surface area contributed by atoms with Crippen molar-refractivity contribution in [1.29, 1.82) is 0 Å². The molecule has 2 aromatic rings. The summed E-state index contributed by atoms with van der Waals surface area (Å²) >= 11 is 0. The van der Waals surface area contributed by atoms with Gasteiger partial charge in [0.2, 0.25) is 5.95 Å². The van der Waals surface area contributed by atoms with Crippen molar-refractivity contribution in [1.82, 2.24) is 19.9 Å². The summed E-state index contributed by atoms with van der Waals surface area (Å²) in [7, 11) is 0. The van der Waals surface area contributed by atoms with Crippen LogP contribution in [-0.4, -0.2) is 50.1 Å². The lowest BCUT2D eigenvalue weighted by Gasteiger charge is -2.44. The Hall–Kier alpha value is -2.54. The first-order valence-corrected chi connectivity index (χ1v) is 11.5. The number of nitrogens with zero attached hydrogens (tertiary/aromatic N) is 4. The van der Waals surface area contributed by atoms with Crippen LogP contribution >= 0.6 is 0 Å². The van der Waals surface area contributed by atoms with Crippen LogP contribution in [0.2, 0.25) is 0 Å². The van der Waals surface area contributed by atoms with Crippen molar-refractivity contribution in [2.45, 2.75) is 71.3 Å². The Bertz CT molecular complexity index is 854. The van der Waals surface area contributed by atoms with Crippen LogP contribution in [0, 0.1) is 5.92 Å². The molecule has 2 aromatic heterocycles. The number of carbonyl (C=O) groups is 1. The van der Waals surface area contributed by atoms with Gasteiger partial charge in [0.05, 0.1) is 0 Å². The molecule has 3 N–H and O–H groups in total. The van der Waals surface area contributed by atoms with Crippen LogP contribution in [0.4, 0.5) is 5.95 Å². The normalized spacial score (nSPS) is 20.2. The Balaban J connectivity index is 0.000000187. The third kappa shape index (κ3) is 6.23. The Labute approximate surface area is 185 Å². The van der Waals surface area contributed by atoms with Crippen LogP contribution in [-0.2, 0) is 19.3 Å². The number of carboxylic acids is 1. The predicted molar refractivity (Wildman–Crippen MR) is 122 cm³/mol. The van der Waals surface area contributed by atoms with Gasteiger partial charge in [-0.25, -0.2) is 19.7 Å². The van der Waals surface area contributed by atoms with Gasteiger partial charge in [0.15, 0.2) is 0 Å². The zero-order valence-electron chi connectivity index (χ0n) is 18.8. The van der Waals surface area contributed by atoms with Crippen molar-refractivity contribution in [3.63, 3.8) is 0 Å². The molecular weight excluding hydrogens is 390 g/mol. The van der Waals surface area contributed by atoms with E-state index in [1.165, 1.54) is 43.6 Å². The molecule has 0 amide bonds. The molecule has 1 aliphatic carbocycles. The molecule has 0 unspecified atom stereocenters. The monoisotopic (exact) mass is 425 g/mol. The minimum absolute atomic E-state index is 0.111. The second-order valence-electron chi connectivity index (χ2n) is 8.57. The number of nitrogen functional groups attached to an aromatic ring is 1. The molecule has 31 heavy (non-hydrogen) atoms. The zero-order valence-corrected chi connectivity index (χ0v) is 18.8. The topological polar surface area (TPSA) is 105 Å². The lowest BCUT2D eigenvalue weighted by atomic mass is 9.77. The zero-order chi connectivity index (χ0) is 22.2. The smallest absolute Gasteiger partial charge is 0.354 e. The third-order valence-corrected chi connectivity index (χ3v) is 6.26. The van der Waals surface area contributed by atoms with Gasteiger partial charge < -0.3 is 10.8 Å². The second kappa shape index (κ2) is 11.2. The van der Waals surface area contributed by atoms with Crippen molar-refractivity contribution in [3.8, 4) is 0 Å². The third-order valence-electron chi connectivity index (χ3n) is 6.26. The van der Waals surface area contributed by atoms with E-state index in [9.17, 15) is 4.79 Å². The van der Waals surface area contributed by atoms with Gasteiger partial charge in [0.1, 0.15) is 5.69 Å². The highest BCUT2D eigenvalue weighted by atomic mass is 16.4. The van der Waals surface area contributed by atoms with Gasteiger partial charge >= 0.3 is 5.97 Å². The molecule has 2 aliphatic rings. The second-order valence-corrected chi connectivity index (χ2v) is 8.57. The summed E-state index contributed by atoms with van der Waals surface area (Å²) in [4.78, 5) is 25.5. The average molecular weight is 426 g/mol. The van der Waals surface area contributed by atoms with E-state index in [-0.39, 0.29) is 5.69 Å². The number of unbranched alkanes of at least 4 members (excludes halogenated alkanes) is 1. The van der Waals surface area contributed by atoms with Crippen LogP contribution in [0.5, 0.6) is 0 Å². The molecule has 0 radical (unpaired) electrons. The largest absolute Gasteiger partial charge is 0.477 e. The number of rotatable bonds is 6. The van der Waals surface area contributed by atoms with Crippen LogP contribution < -0.4 is 5.73 Å². The number of fused-ring (bicyclic) bond motifs is 2. The Morgan fingerprint density at radius 3 is 2.71 bits per heavy atom. The highest BCUT2D eigenvalue weighted by molar-refractivity contribution is 5.85. The van der Waals surface area contributed by atoms with E-state index < -0.39 is 5.97 Å². The molecule has 168 valence electrons. The summed E-state index contributed by atoms with van der Waals surface area (Å²) in [6.45, 7) is 6.88. The number of aryl methyl sites for hydroxylation is 1. The van der Waals surface area contributed by atoms with E-state index >= 15 is 0 Å². The highest BCUT2D eigenvalue weighted by Gasteiger charge is 2.35. The number of nitrogens with two attached hydrogens (primary N) is 1. The fraction of sp³-hybridized carbons (Fsp3) is 0.583. The first-order valence-electron chi connectivity index (χ1n) is 11.5. The van der Waals surface area contributed by atoms with Crippen LogP contribution in [0.3, 0.4) is 0 Å². The van der Waals surface area contributed by atoms with Gasteiger partial charge in [-0.1, -0.05) is 26.3 Å². The number of pyridine rings is 1. The lowest BCUT2D eigenvalue weighted by Crippen LogP contribution is -2.49. The standard InChI is InChI=1S/C14H22N4.C10H13NO2/c1-2-5-18-6-3-4-10-7-12-11(8-13(10)18)9-16-14(15)17-12;1-2-3-4-8-5-6-9(10(12)13)11-7-8/h9-10,13H,2-8H2,1H3,(H2,15,16,17);5-7H,2-4H2,1H3,(H,12,13)/t10-,13-;/m1./s1. The fourth-order valence-corrected chi connectivity index (χ4v) is 4.67. The summed E-state index contributed by atoms with van der Waals surface area (Å²) in [6.07, 6.45) is 12.9. The number of anilines is 1. The van der Waals surface area contributed by atoms with E-state index in [4.69, 9.17) is 10.8 Å². The van der Waals surface area contributed by atoms with E-state index in [0.29, 0.717) is 12.0 Å². The Kier molecular flexibility index (Phi) is 8.35. The molecule has 0 bridgehead atoms. The number of hydrogen-bond donors (Lipinski definition) is 2. The van der Waals surface area contributed by atoms with Crippen LogP contribution in [0.1, 0.15) is 73.3 Å². The summed E-state index contributed by atoms with van der Waals surface area (Å²) < 4.78 is 0. The van der Waals surface area contributed by atoms with Crippen molar-refractivity contribution < 1.29 is 9.90 Å². The fourth-order valence-electron chi connectivity index (χ4n) is 4.67. The molecule has 7 heteroatoms. The number of aromatic carboxylic acids is 1. The predicted octanol–water partition coefficient (Wildman–Crippen LogP) is 3.77. The van der Waals surface area contributed by atoms with Crippen molar-refractivity contribution in [3.05, 3.63) is 47.0 Å². The number of piperidine rings is 1. The van der Waals surface area contributed by atoms with Crippen molar-refractivity contribution in [2.24, 2.45) is 5.92 Å². The van der Waals surface area contributed by atoms with Crippen molar-refractivity contribution >= 4 is 11.9 Å². The maximum atomic E-state index is 10.5. The van der Waals surface area contributed by atoms with Crippen LogP contribution in [0.25, 0.3) is 0 Å². The number of hydrogen-bond acceptors (Lipinski definition) is 6. The molecule has 2 atom stereocenters. The molecule has 0 aromatic carbocycles. The number of carboxylic acid groups (broad SMARTS) is 1. The van der Waals surface area contributed by atoms with Crippen LogP contribution in [0.15, 0.2) is 24.5 Å². The molecule has 1 fully saturated rings. The molecule has 0 spiro atoms. The average Bonchev–Trinajstić information content (AvgIpc) is 2.77. The van der Waals surface area contributed by atoms with Gasteiger partial charge in [-0.15, -0.1) is 0 Å². The van der Waals surface area contributed by atoms with Gasteiger partial charge in [-0.3, -0.25) is 4.90 Å². The van der Waals surface area contributed by atoms with E-state index in [1.807, 2.05) is 12.3 Å². The first-order chi connectivity index (χ1) is 15.0. The quantitative estimate of drug-likeness (QED) is 0.726. The summed E-state index contributed by atoms with van der Waals surface area (Å²) in [5.41, 5.74) is 9.42. The minimum Gasteiger partial charge on any atom is -0.477 e. The van der Waals surface area contributed by atoms with Gasteiger partial charge in [0.25, 0.3) is 0 Å². The molecule has 4 rings (SSSR count). The lowest BCUT2D eigenvalue weighted by molar-refractivity contribution is 0.0690. The summed E-state index contributed by atoms with van der Waals surface area (Å²) in [6, 6.07) is 4.08. The molecule has 7 nitrogen and oxygen atoms in total. The van der Waals surface area contributed by atoms with E-state index in [2.05, 4.69) is 33.7 Å². The highest BCUT2D eigenvalue weighted by Crippen LogP contribution is 2.34. The van der Waals surface area contributed by atoms with Gasteiger partial charge in [0, 0.05) is 24.1 Å². The maximum absolute atomic E-state index is 10.5. The minimum atomic E-state index is -0.970. The Morgan fingerprint density at radius 2 is 2.03 bits per heavy atom. The van der Waals surface area contributed by atoms with E-state index in [1.54, 1.807) is 12.3 Å². The van der Waals surface area contributed by atoms with Gasteiger partial charge in [-0.05, 0) is 81.1 Å². The summed E-state index contributed by atoms with van der Waals surface area (Å²) in [5.74, 6) is 0.225. The SMILES string of the molecule is CCCCc1ccc(C(=O)O)nc1.CCCN1CCC[C@@H]2Cc3nc(N)ncc3C[C@H]21. The first kappa shape index (κ1) is 23.1. The molecule has 3 heterocycles. The van der Waals surface area contributed by atoms with E-state index in [0.717, 1.165) is 43.6 Å². The summed E-state index contributed by atoms with van der Waals surface area (Å²) in [5, 5.41) is 8.59. The molecule has 0 saturated carbocycles. The number of likely N-dealkylation sites (tertiary alicyclic amines) is 1. The molecule has 1 aliphatic heterocycles. The molecule has 1 saturated heterocycles. The Morgan fingerprint density at radius 1 is 1.19 bits per heavy atom. The molecular formula is C24H35N5O2. The number of aromatic nitrogens is 3. The van der Waals surface area contributed by atoms with Crippen molar-refractivity contribution in [2.75, 3.05) is 18.8 Å². The van der Waals surface area contributed by atoms with Gasteiger partial charge in [-0.2, -0.15) is 0 Å².